The van der Waals surface area contributed by atoms with E-state index in [2.05, 4.69) is 10.6 Å². The highest BCUT2D eigenvalue weighted by Gasteiger charge is 2.39. The number of aliphatic hydroxyl groups excluding tert-OH is 1. The highest BCUT2D eigenvalue weighted by Crippen LogP contribution is 2.33. The molecular weight excluding hydrogens is 424 g/mol. The minimum atomic E-state index is -0.517. The Morgan fingerprint density at radius 1 is 1.06 bits per heavy atom. The third-order valence-electron chi connectivity index (χ3n) is 6.67. The summed E-state index contributed by atoms with van der Waals surface area (Å²) in [6.45, 7) is 3.96. The third kappa shape index (κ3) is 4.44. The number of halogens is 1. The first kappa shape index (κ1) is 22.5. The number of hydrogen-bond acceptors (Lipinski definition) is 4. The molecule has 1 saturated carbocycles. The maximum absolute atomic E-state index is 13.4. The fourth-order valence-electron chi connectivity index (χ4n) is 4.88. The lowest BCUT2D eigenvalue weighted by Crippen LogP contribution is -2.49. The second-order valence-corrected chi connectivity index (χ2v) is 8.83. The van der Waals surface area contributed by atoms with Gasteiger partial charge in [-0.05, 0) is 56.8 Å². The fourth-order valence-corrected chi connectivity index (χ4v) is 4.88. The van der Waals surface area contributed by atoms with E-state index in [1.54, 1.807) is 10.9 Å². The largest absolute Gasteiger partial charge is 0.391 e. The highest BCUT2D eigenvalue weighted by atomic mass is 35.5. The van der Waals surface area contributed by atoms with Crippen LogP contribution in [0.2, 0.25) is 0 Å². The molecule has 168 valence electrons. The molecule has 1 aromatic heterocycles. The zero-order chi connectivity index (χ0) is 21.4. The Morgan fingerprint density at radius 3 is 2.47 bits per heavy atom. The first-order chi connectivity index (χ1) is 15.1. The van der Waals surface area contributed by atoms with Crippen molar-refractivity contribution in [1.82, 2.24) is 20.4 Å². The van der Waals surface area contributed by atoms with Crippen LogP contribution in [0.1, 0.15) is 28.8 Å². The van der Waals surface area contributed by atoms with Crippen LogP contribution in [0.15, 0.2) is 60.8 Å². The van der Waals surface area contributed by atoms with E-state index in [0.29, 0.717) is 23.1 Å². The van der Waals surface area contributed by atoms with Gasteiger partial charge in [0.25, 0.3) is 5.91 Å². The monoisotopic (exact) mass is 452 g/mol. The van der Waals surface area contributed by atoms with E-state index in [1.807, 2.05) is 61.5 Å². The molecule has 1 aliphatic carbocycles. The van der Waals surface area contributed by atoms with E-state index in [-0.39, 0.29) is 24.4 Å². The Balaban J connectivity index is 0.00000245. The van der Waals surface area contributed by atoms with Gasteiger partial charge in [-0.1, -0.05) is 48.0 Å². The molecule has 0 spiro atoms. The summed E-state index contributed by atoms with van der Waals surface area (Å²) in [7, 11) is 0. The van der Waals surface area contributed by atoms with Crippen LogP contribution < -0.4 is 10.6 Å². The van der Waals surface area contributed by atoms with Crippen molar-refractivity contribution >= 4 is 18.3 Å². The van der Waals surface area contributed by atoms with E-state index >= 15 is 0 Å². The Bertz CT molecular complexity index is 1070. The lowest BCUT2D eigenvalue weighted by molar-refractivity contribution is 0.0462. The van der Waals surface area contributed by atoms with Crippen molar-refractivity contribution in [3.8, 4) is 16.9 Å². The molecule has 0 unspecified atom stereocenters. The molecule has 3 aromatic rings. The number of amides is 1. The van der Waals surface area contributed by atoms with Crippen LogP contribution in [0.25, 0.3) is 16.9 Å². The van der Waals surface area contributed by atoms with Crippen LogP contribution in [0, 0.1) is 18.8 Å². The van der Waals surface area contributed by atoms with Gasteiger partial charge in [0.05, 0.1) is 23.4 Å². The van der Waals surface area contributed by atoms with Gasteiger partial charge in [-0.3, -0.25) is 4.79 Å². The zero-order valence-corrected chi connectivity index (χ0v) is 18.9. The number of hydrogen-bond donors (Lipinski definition) is 3. The van der Waals surface area contributed by atoms with Crippen LogP contribution in [-0.2, 0) is 0 Å². The van der Waals surface area contributed by atoms with Crippen molar-refractivity contribution in [2.75, 3.05) is 13.1 Å². The summed E-state index contributed by atoms with van der Waals surface area (Å²) in [6, 6.07) is 17.6. The molecule has 7 heteroatoms. The van der Waals surface area contributed by atoms with Gasteiger partial charge in [-0.2, -0.15) is 5.10 Å². The van der Waals surface area contributed by atoms with Crippen LogP contribution in [0.5, 0.6) is 0 Å². The maximum Gasteiger partial charge on any atom is 0.255 e. The van der Waals surface area contributed by atoms with E-state index in [4.69, 9.17) is 5.10 Å². The number of carbonyl (C=O) groups is 1. The molecule has 6 nitrogen and oxygen atoms in total. The number of rotatable bonds is 4. The molecule has 1 aliphatic heterocycles. The van der Waals surface area contributed by atoms with Crippen molar-refractivity contribution in [3.05, 3.63) is 71.9 Å². The molecule has 2 aliphatic rings. The maximum atomic E-state index is 13.4. The Kier molecular flexibility index (Phi) is 6.65. The fraction of sp³-hybridized carbons (Fsp3) is 0.360. The van der Waals surface area contributed by atoms with Crippen molar-refractivity contribution in [2.24, 2.45) is 11.8 Å². The molecule has 1 saturated heterocycles. The lowest BCUT2D eigenvalue weighted by Gasteiger charge is -2.35. The number of carbonyl (C=O) groups excluding carboxylic acids is 1. The molecule has 5 rings (SSSR count). The van der Waals surface area contributed by atoms with E-state index in [0.717, 1.165) is 42.7 Å². The van der Waals surface area contributed by atoms with Crippen LogP contribution >= 0.6 is 12.4 Å². The number of aromatic nitrogens is 2. The molecule has 2 aromatic carbocycles. The Hall–Kier alpha value is -2.67. The van der Waals surface area contributed by atoms with Crippen molar-refractivity contribution in [1.29, 1.82) is 0 Å². The van der Waals surface area contributed by atoms with E-state index in [1.165, 1.54) is 0 Å². The SMILES string of the molecule is Cc1ccc(-c2nn(-c3ccccc3)cc2C(=O)N[C@H]2C[C@H]3CNC[C@H]3C[C@@H]2O)cc1.Cl. The third-order valence-corrected chi connectivity index (χ3v) is 6.67. The molecule has 0 bridgehead atoms. The average molecular weight is 453 g/mol. The summed E-state index contributed by atoms with van der Waals surface area (Å²) in [5.41, 5.74) is 4.11. The number of aliphatic hydroxyl groups is 1. The van der Waals surface area contributed by atoms with Gasteiger partial charge < -0.3 is 15.7 Å². The Morgan fingerprint density at radius 2 is 1.75 bits per heavy atom. The predicted molar refractivity (Wildman–Crippen MR) is 127 cm³/mol. The summed E-state index contributed by atoms with van der Waals surface area (Å²) in [4.78, 5) is 13.4. The number of nitrogens with one attached hydrogen (secondary N) is 2. The number of nitrogens with zero attached hydrogens (tertiary/aromatic N) is 2. The molecule has 4 atom stereocenters. The molecule has 1 amide bonds. The van der Waals surface area contributed by atoms with Gasteiger partial charge in [-0.25, -0.2) is 4.68 Å². The van der Waals surface area contributed by atoms with Gasteiger partial charge in [0.2, 0.25) is 0 Å². The molecular formula is C25H29ClN4O2. The van der Waals surface area contributed by atoms with Crippen LogP contribution in [0.3, 0.4) is 0 Å². The molecule has 0 radical (unpaired) electrons. The van der Waals surface area contributed by atoms with Gasteiger partial charge >= 0.3 is 0 Å². The average Bonchev–Trinajstić information content (AvgIpc) is 3.42. The number of fused-ring (bicyclic) bond motifs is 1. The first-order valence-electron chi connectivity index (χ1n) is 11.0. The summed E-state index contributed by atoms with van der Waals surface area (Å²) in [6.07, 6.45) is 2.81. The lowest BCUT2D eigenvalue weighted by atomic mass is 9.77. The molecule has 2 heterocycles. The van der Waals surface area contributed by atoms with Crippen LogP contribution in [0.4, 0.5) is 0 Å². The smallest absolute Gasteiger partial charge is 0.255 e. The summed E-state index contributed by atoms with van der Waals surface area (Å²) in [5.74, 6) is 0.829. The van der Waals surface area contributed by atoms with E-state index in [9.17, 15) is 9.90 Å². The summed E-state index contributed by atoms with van der Waals surface area (Å²) >= 11 is 0. The number of benzene rings is 2. The summed E-state index contributed by atoms with van der Waals surface area (Å²) < 4.78 is 1.75. The zero-order valence-electron chi connectivity index (χ0n) is 18.1. The number of para-hydroxylation sites is 1. The van der Waals surface area contributed by atoms with Crippen molar-refractivity contribution < 1.29 is 9.90 Å². The van der Waals surface area contributed by atoms with Crippen molar-refractivity contribution in [2.45, 2.75) is 31.9 Å². The minimum Gasteiger partial charge on any atom is -0.391 e. The standard InChI is InChI=1S/C25H28N4O2.ClH/c1-16-7-9-17(10-8-16)24-21(15-29(28-24)20-5-3-2-4-6-20)25(31)27-22-11-18-13-26-14-19(18)12-23(22)30;/h2-10,15,18-19,22-23,26,30H,11-14H2,1H3,(H,27,31);1H/t18-,19+,22-,23-;/m0./s1. The highest BCUT2D eigenvalue weighted by molar-refractivity contribution is 6.00. The van der Waals surface area contributed by atoms with Gasteiger partial charge in [-0.15, -0.1) is 12.4 Å². The Labute approximate surface area is 194 Å². The second kappa shape index (κ2) is 9.45. The van der Waals surface area contributed by atoms with Gasteiger partial charge in [0, 0.05) is 11.8 Å². The number of aryl methyl sites for hydroxylation is 1. The topological polar surface area (TPSA) is 79.2 Å². The van der Waals surface area contributed by atoms with E-state index < -0.39 is 6.10 Å². The second-order valence-electron chi connectivity index (χ2n) is 8.83. The van der Waals surface area contributed by atoms with Gasteiger partial charge in [0.15, 0.2) is 0 Å². The van der Waals surface area contributed by atoms with Crippen LogP contribution in [-0.4, -0.2) is 46.0 Å². The minimum absolute atomic E-state index is 0. The van der Waals surface area contributed by atoms with Gasteiger partial charge in [0.1, 0.15) is 5.69 Å². The predicted octanol–water partition coefficient (Wildman–Crippen LogP) is 3.36. The van der Waals surface area contributed by atoms with Crippen molar-refractivity contribution in [3.63, 3.8) is 0 Å². The quantitative estimate of drug-likeness (QED) is 0.567. The summed E-state index contributed by atoms with van der Waals surface area (Å²) in [5, 5.41) is 21.9. The molecule has 32 heavy (non-hydrogen) atoms. The molecule has 3 N–H and O–H groups in total. The first-order valence-corrected chi connectivity index (χ1v) is 11.0. The molecule has 2 fully saturated rings. The normalized spacial score (nSPS) is 24.4.